The quantitative estimate of drug-likeness (QED) is 0.625. The molecule has 0 atom stereocenters. The highest BCUT2D eigenvalue weighted by Crippen LogP contribution is 2.21. The molecule has 0 saturated heterocycles. The molecule has 0 aromatic carbocycles. The van der Waals surface area contributed by atoms with Crippen LogP contribution in [0.1, 0.15) is 4.88 Å². The van der Waals surface area contributed by atoms with Gasteiger partial charge in [-0.25, -0.2) is 18.4 Å². The number of rotatable bonds is 3. The number of methoxy groups -OCH3 is 1. The van der Waals surface area contributed by atoms with Crippen molar-refractivity contribution in [2.75, 3.05) is 7.11 Å². The second kappa shape index (κ2) is 4.56. The molecule has 0 aliphatic heterocycles. The fraction of sp³-hybridized carbons (Fsp3) is 0.125. The number of nitrogens with two attached hydrogens (primary N) is 1. The highest BCUT2D eigenvalue weighted by atomic mass is 32.2. The Morgan fingerprint density at radius 2 is 2.20 bits per heavy atom. The molecule has 2 N–H and O–H groups in total. The second-order valence-electron chi connectivity index (χ2n) is 2.56. The van der Waals surface area contributed by atoms with Crippen molar-refractivity contribution in [3.05, 3.63) is 23.1 Å². The van der Waals surface area contributed by atoms with Gasteiger partial charge in [-0.1, -0.05) is 0 Å². The van der Waals surface area contributed by atoms with E-state index in [1.807, 2.05) is 0 Å². The van der Waals surface area contributed by atoms with E-state index in [4.69, 9.17) is 5.14 Å². The van der Waals surface area contributed by atoms with E-state index in [0.29, 0.717) is 4.88 Å². The largest absolute Gasteiger partial charge is 0.466 e. The maximum absolute atomic E-state index is 10.9. The van der Waals surface area contributed by atoms with Crippen LogP contribution in [0.2, 0.25) is 0 Å². The van der Waals surface area contributed by atoms with Crippen LogP contribution in [0, 0.1) is 0 Å². The Bertz CT molecular complexity index is 486. The number of primary sulfonamides is 1. The Kier molecular flexibility index (Phi) is 3.61. The lowest BCUT2D eigenvalue weighted by Gasteiger charge is -1.89. The smallest absolute Gasteiger partial charge is 0.330 e. The van der Waals surface area contributed by atoms with Crippen LogP contribution >= 0.6 is 11.3 Å². The highest BCUT2D eigenvalue weighted by Gasteiger charge is 2.09. The molecule has 5 nitrogen and oxygen atoms in total. The van der Waals surface area contributed by atoms with Crippen LogP contribution in [0.5, 0.6) is 0 Å². The average Bonchev–Trinajstić information content (AvgIpc) is 2.61. The second-order valence-corrected chi connectivity index (χ2v) is 5.46. The Morgan fingerprint density at radius 1 is 1.53 bits per heavy atom. The molecule has 0 amide bonds. The predicted octanol–water partition coefficient (Wildman–Crippen LogP) is 0.582. The standard InChI is InChI=1S/C8H9NO4S2/c1-13-7(10)4-2-6-3-5-8(14-6)15(9,11)12/h2-5H,1H3,(H2,9,11,12)/b4-2+. The molecule has 0 aliphatic rings. The van der Waals surface area contributed by atoms with Gasteiger partial charge in [0, 0.05) is 11.0 Å². The van der Waals surface area contributed by atoms with Crippen molar-refractivity contribution in [3.63, 3.8) is 0 Å². The third-order valence-corrected chi connectivity index (χ3v) is 3.96. The van der Waals surface area contributed by atoms with Crippen molar-refractivity contribution in [2.45, 2.75) is 4.21 Å². The molecule has 7 heteroatoms. The lowest BCUT2D eigenvalue weighted by molar-refractivity contribution is -0.134. The Morgan fingerprint density at radius 3 is 2.67 bits per heavy atom. The van der Waals surface area contributed by atoms with Gasteiger partial charge in [0.25, 0.3) is 0 Å². The summed E-state index contributed by atoms with van der Waals surface area (Å²) in [6.07, 6.45) is 2.67. The van der Waals surface area contributed by atoms with Crippen LogP contribution in [0.4, 0.5) is 0 Å². The number of thiophene rings is 1. The molecule has 0 unspecified atom stereocenters. The van der Waals surface area contributed by atoms with Crippen molar-refractivity contribution in [1.29, 1.82) is 0 Å². The number of carbonyl (C=O) groups is 1. The summed E-state index contributed by atoms with van der Waals surface area (Å²) in [5, 5.41) is 4.92. The summed E-state index contributed by atoms with van der Waals surface area (Å²) in [7, 11) is -2.40. The fourth-order valence-electron chi connectivity index (χ4n) is 0.795. The maximum atomic E-state index is 10.9. The van der Waals surface area contributed by atoms with E-state index < -0.39 is 16.0 Å². The number of esters is 1. The van der Waals surface area contributed by atoms with E-state index in [2.05, 4.69) is 4.74 Å². The lowest BCUT2D eigenvalue weighted by Crippen LogP contribution is -2.09. The van der Waals surface area contributed by atoms with Gasteiger partial charge in [0.05, 0.1) is 7.11 Å². The number of carbonyl (C=O) groups excluding carboxylic acids is 1. The first-order valence-corrected chi connectivity index (χ1v) is 6.18. The van der Waals surface area contributed by atoms with Gasteiger partial charge in [0.15, 0.2) is 0 Å². The molecule has 1 heterocycles. The molecule has 0 saturated carbocycles. The third kappa shape index (κ3) is 3.46. The van der Waals surface area contributed by atoms with E-state index in [0.717, 1.165) is 11.3 Å². The zero-order chi connectivity index (χ0) is 11.5. The third-order valence-electron chi connectivity index (χ3n) is 1.47. The van der Waals surface area contributed by atoms with Crippen LogP contribution in [0.15, 0.2) is 22.4 Å². The molecule has 0 bridgehead atoms. The van der Waals surface area contributed by atoms with Crippen molar-refractivity contribution in [2.24, 2.45) is 5.14 Å². The summed E-state index contributed by atoms with van der Waals surface area (Å²) in [5.41, 5.74) is 0. The molecule has 82 valence electrons. The average molecular weight is 247 g/mol. The number of hydrogen-bond donors (Lipinski definition) is 1. The first kappa shape index (κ1) is 11.9. The molecule has 1 aromatic heterocycles. The van der Waals surface area contributed by atoms with Crippen LogP contribution in [-0.4, -0.2) is 21.5 Å². The number of hydrogen-bond acceptors (Lipinski definition) is 5. The van der Waals surface area contributed by atoms with Crippen LogP contribution in [0.3, 0.4) is 0 Å². The van der Waals surface area contributed by atoms with E-state index in [-0.39, 0.29) is 4.21 Å². The summed E-state index contributed by atoms with van der Waals surface area (Å²) in [5.74, 6) is -0.499. The maximum Gasteiger partial charge on any atom is 0.330 e. The first-order chi connectivity index (χ1) is 6.93. The molecular weight excluding hydrogens is 238 g/mol. The Labute approximate surface area is 91.2 Å². The summed E-state index contributed by atoms with van der Waals surface area (Å²) in [6.45, 7) is 0. The van der Waals surface area contributed by atoms with E-state index in [9.17, 15) is 13.2 Å². The van der Waals surface area contributed by atoms with E-state index in [1.54, 1.807) is 6.07 Å². The van der Waals surface area contributed by atoms with Gasteiger partial charge in [0.1, 0.15) is 4.21 Å². The highest BCUT2D eigenvalue weighted by molar-refractivity contribution is 7.91. The Balaban J connectivity index is 2.87. The molecule has 0 spiro atoms. The molecule has 1 rings (SSSR count). The van der Waals surface area contributed by atoms with Gasteiger partial charge in [-0.2, -0.15) is 0 Å². The first-order valence-electron chi connectivity index (χ1n) is 3.82. The van der Waals surface area contributed by atoms with Gasteiger partial charge in [-0.15, -0.1) is 11.3 Å². The van der Waals surface area contributed by atoms with Crippen LogP contribution < -0.4 is 5.14 Å². The van der Waals surface area contributed by atoms with Crippen molar-refractivity contribution in [1.82, 2.24) is 0 Å². The van der Waals surface area contributed by atoms with E-state index >= 15 is 0 Å². The van der Waals surface area contributed by atoms with Crippen LogP contribution in [0.25, 0.3) is 6.08 Å². The van der Waals surface area contributed by atoms with E-state index in [1.165, 1.54) is 25.3 Å². The van der Waals surface area contributed by atoms with Gasteiger partial charge < -0.3 is 4.74 Å². The topological polar surface area (TPSA) is 86.5 Å². The van der Waals surface area contributed by atoms with Crippen LogP contribution in [-0.2, 0) is 19.6 Å². The molecule has 1 aromatic rings. The SMILES string of the molecule is COC(=O)/C=C/c1ccc(S(N)(=O)=O)s1. The normalized spacial score (nSPS) is 11.9. The molecule has 0 radical (unpaired) electrons. The van der Waals surface area contributed by atoms with Crippen molar-refractivity contribution < 1.29 is 17.9 Å². The number of ether oxygens (including phenoxy) is 1. The molecular formula is C8H9NO4S2. The fourth-order valence-corrected chi connectivity index (χ4v) is 2.45. The molecule has 15 heavy (non-hydrogen) atoms. The van der Waals surface area contributed by atoms with Crippen molar-refractivity contribution >= 4 is 33.4 Å². The molecule has 0 aliphatic carbocycles. The number of sulfonamides is 1. The van der Waals surface area contributed by atoms with Crippen molar-refractivity contribution in [3.8, 4) is 0 Å². The predicted molar refractivity (Wildman–Crippen MR) is 56.7 cm³/mol. The lowest BCUT2D eigenvalue weighted by atomic mass is 10.4. The molecule has 0 fully saturated rings. The van der Waals surface area contributed by atoms with Gasteiger partial charge >= 0.3 is 5.97 Å². The minimum atomic E-state index is -3.66. The van der Waals surface area contributed by atoms with Gasteiger partial charge in [0.2, 0.25) is 10.0 Å². The van der Waals surface area contributed by atoms with Gasteiger partial charge in [-0.05, 0) is 18.2 Å². The summed E-state index contributed by atoms with van der Waals surface area (Å²) < 4.78 is 26.3. The van der Waals surface area contributed by atoms with Gasteiger partial charge in [-0.3, -0.25) is 0 Å². The zero-order valence-electron chi connectivity index (χ0n) is 7.84. The monoisotopic (exact) mass is 247 g/mol. The Hall–Kier alpha value is -1.18. The summed E-state index contributed by atoms with van der Waals surface area (Å²) in [6, 6.07) is 2.95. The zero-order valence-corrected chi connectivity index (χ0v) is 9.47. The minimum absolute atomic E-state index is 0.0621. The summed E-state index contributed by atoms with van der Waals surface area (Å²) in [4.78, 5) is 11.4. The summed E-state index contributed by atoms with van der Waals surface area (Å²) >= 11 is 0.985. The minimum Gasteiger partial charge on any atom is -0.466 e.